The van der Waals surface area contributed by atoms with Crippen molar-refractivity contribution in [1.29, 1.82) is 0 Å². The van der Waals surface area contributed by atoms with Crippen LogP contribution in [0.3, 0.4) is 0 Å². The van der Waals surface area contributed by atoms with E-state index in [1.165, 1.54) is 6.07 Å². The highest BCUT2D eigenvalue weighted by atomic mass is 35.5. The molecular weight excluding hydrogens is 341 g/mol. The lowest BCUT2D eigenvalue weighted by Gasteiger charge is -2.15. The Kier molecular flexibility index (Phi) is 6.42. The average Bonchev–Trinajstić information content (AvgIpc) is 2.34. The predicted molar refractivity (Wildman–Crippen MR) is 79.7 cm³/mol. The van der Waals surface area contributed by atoms with Crippen molar-refractivity contribution >= 4 is 39.2 Å². The van der Waals surface area contributed by atoms with Crippen LogP contribution in [0.15, 0.2) is 17.0 Å². The normalized spacial score (nSPS) is 13.1. The Labute approximate surface area is 133 Å². The quantitative estimate of drug-likeness (QED) is 0.783. The van der Waals surface area contributed by atoms with Gasteiger partial charge in [0.15, 0.2) is 0 Å². The van der Waals surface area contributed by atoms with Crippen LogP contribution < -0.4 is 4.72 Å². The third-order valence-corrected chi connectivity index (χ3v) is 4.94. The second kappa shape index (κ2) is 7.42. The minimum absolute atomic E-state index is 0.131. The van der Waals surface area contributed by atoms with Crippen LogP contribution in [0.5, 0.6) is 0 Å². The highest BCUT2D eigenvalue weighted by Crippen LogP contribution is 2.31. The summed E-state index contributed by atoms with van der Waals surface area (Å²) in [5.74, 6) is -1.40. The van der Waals surface area contributed by atoms with Crippen LogP contribution >= 0.6 is 23.2 Å². The fraction of sp³-hybridized carbons (Fsp3) is 0.417. The van der Waals surface area contributed by atoms with Gasteiger partial charge in [0, 0.05) is 12.6 Å². The van der Waals surface area contributed by atoms with Gasteiger partial charge in [-0.05, 0) is 26.0 Å². The molecule has 2 N–H and O–H groups in total. The lowest BCUT2D eigenvalue weighted by atomic mass is 10.2. The molecule has 0 bridgehead atoms. The van der Waals surface area contributed by atoms with E-state index >= 15 is 0 Å². The van der Waals surface area contributed by atoms with E-state index in [-0.39, 0.29) is 16.5 Å². The van der Waals surface area contributed by atoms with Gasteiger partial charge >= 0.3 is 5.97 Å². The Morgan fingerprint density at radius 3 is 2.57 bits per heavy atom. The second-order valence-corrected chi connectivity index (χ2v) is 6.69. The highest BCUT2D eigenvalue weighted by molar-refractivity contribution is 7.89. The van der Waals surface area contributed by atoms with Crippen LogP contribution in [-0.4, -0.2) is 38.7 Å². The Hall–Kier alpha value is -0.860. The van der Waals surface area contributed by atoms with E-state index in [0.29, 0.717) is 6.61 Å². The molecule has 0 aliphatic heterocycles. The zero-order valence-corrected chi connectivity index (χ0v) is 13.7. The predicted octanol–water partition coefficient (Wildman–Crippen LogP) is 2.39. The minimum atomic E-state index is -3.98. The van der Waals surface area contributed by atoms with Crippen molar-refractivity contribution in [3.05, 3.63) is 27.7 Å². The number of nitrogens with one attached hydrogen (secondary N) is 1. The van der Waals surface area contributed by atoms with Crippen molar-refractivity contribution in [1.82, 2.24) is 4.72 Å². The zero-order chi connectivity index (χ0) is 16.2. The first kappa shape index (κ1) is 18.2. The first-order valence-corrected chi connectivity index (χ1v) is 8.26. The second-order valence-electron chi connectivity index (χ2n) is 4.22. The first-order valence-electron chi connectivity index (χ1n) is 6.02. The molecule has 0 aliphatic rings. The molecule has 0 heterocycles. The number of halogens is 2. The molecule has 0 saturated carbocycles. The molecule has 9 heteroatoms. The van der Waals surface area contributed by atoms with Gasteiger partial charge in [0.25, 0.3) is 0 Å². The van der Waals surface area contributed by atoms with E-state index in [0.717, 1.165) is 6.07 Å². The van der Waals surface area contributed by atoms with E-state index in [1.807, 2.05) is 0 Å². The Balaban J connectivity index is 3.15. The number of carboxylic acids is 1. The fourth-order valence-corrected chi connectivity index (χ4v) is 3.74. The van der Waals surface area contributed by atoms with Gasteiger partial charge in [-0.25, -0.2) is 17.9 Å². The molecule has 0 spiro atoms. The molecule has 0 saturated heterocycles. The topological polar surface area (TPSA) is 92.7 Å². The molecule has 21 heavy (non-hydrogen) atoms. The monoisotopic (exact) mass is 355 g/mol. The number of hydrogen-bond acceptors (Lipinski definition) is 4. The average molecular weight is 356 g/mol. The minimum Gasteiger partial charge on any atom is -0.478 e. The summed E-state index contributed by atoms with van der Waals surface area (Å²) in [6.07, 6.45) is 0. The smallest absolute Gasteiger partial charge is 0.338 e. The lowest BCUT2D eigenvalue weighted by Crippen LogP contribution is -2.36. The molecule has 118 valence electrons. The summed E-state index contributed by atoms with van der Waals surface area (Å²) in [5, 5.41) is 8.47. The molecule has 0 aromatic heterocycles. The standard InChI is InChI=1S/C12H15Cl2NO5S/c1-3-20-6-7(2)15-21(18,19)9-5-4-8(13)10(11(9)14)12(16)17/h4-5,7,15H,3,6H2,1-2H3,(H,16,17). The van der Waals surface area contributed by atoms with Crippen molar-refractivity contribution in [2.24, 2.45) is 0 Å². The summed E-state index contributed by atoms with van der Waals surface area (Å²) in [6.45, 7) is 4.05. The van der Waals surface area contributed by atoms with Crippen LogP contribution in [0.1, 0.15) is 24.2 Å². The van der Waals surface area contributed by atoms with Gasteiger partial charge in [-0.15, -0.1) is 0 Å². The molecule has 1 atom stereocenters. The number of carboxylic acid groups (broad SMARTS) is 1. The molecule has 0 aliphatic carbocycles. The van der Waals surface area contributed by atoms with Crippen molar-refractivity contribution in [2.45, 2.75) is 24.8 Å². The van der Waals surface area contributed by atoms with Crippen LogP contribution in [0, 0.1) is 0 Å². The van der Waals surface area contributed by atoms with E-state index in [1.54, 1.807) is 13.8 Å². The van der Waals surface area contributed by atoms with Crippen molar-refractivity contribution in [3.8, 4) is 0 Å². The third kappa shape index (κ3) is 4.55. The van der Waals surface area contributed by atoms with Gasteiger partial charge in [-0.3, -0.25) is 0 Å². The van der Waals surface area contributed by atoms with Crippen LogP contribution in [0.25, 0.3) is 0 Å². The maximum absolute atomic E-state index is 12.2. The number of benzene rings is 1. The molecular formula is C12H15Cl2NO5S. The molecule has 1 rings (SSSR count). The van der Waals surface area contributed by atoms with Crippen molar-refractivity contribution in [3.63, 3.8) is 0 Å². The van der Waals surface area contributed by atoms with E-state index < -0.39 is 32.6 Å². The van der Waals surface area contributed by atoms with E-state index in [2.05, 4.69) is 4.72 Å². The van der Waals surface area contributed by atoms with Crippen molar-refractivity contribution < 1.29 is 23.1 Å². The van der Waals surface area contributed by atoms with E-state index in [4.69, 9.17) is 33.0 Å². The summed E-state index contributed by atoms with van der Waals surface area (Å²) in [6, 6.07) is 1.85. The molecule has 0 fully saturated rings. The van der Waals surface area contributed by atoms with Gasteiger partial charge in [0.2, 0.25) is 10.0 Å². The molecule has 0 amide bonds. The van der Waals surface area contributed by atoms with Gasteiger partial charge < -0.3 is 9.84 Å². The summed E-state index contributed by atoms with van der Waals surface area (Å²) in [4.78, 5) is 10.7. The van der Waals surface area contributed by atoms with Gasteiger partial charge in [0.1, 0.15) is 4.90 Å². The summed E-state index contributed by atoms with van der Waals surface area (Å²) in [7, 11) is -3.98. The fourth-order valence-electron chi connectivity index (χ4n) is 1.59. The van der Waals surface area contributed by atoms with Crippen LogP contribution in [0.2, 0.25) is 10.0 Å². The maximum Gasteiger partial charge on any atom is 0.338 e. The van der Waals surface area contributed by atoms with Gasteiger partial charge in [-0.1, -0.05) is 23.2 Å². The molecule has 1 unspecified atom stereocenters. The van der Waals surface area contributed by atoms with Crippen LogP contribution in [0.4, 0.5) is 0 Å². The summed E-state index contributed by atoms with van der Waals surface area (Å²) < 4.78 is 31.9. The molecule has 1 aromatic rings. The number of hydrogen-bond donors (Lipinski definition) is 2. The SMILES string of the molecule is CCOCC(C)NS(=O)(=O)c1ccc(Cl)c(C(=O)O)c1Cl. The van der Waals surface area contributed by atoms with Crippen LogP contribution in [-0.2, 0) is 14.8 Å². The molecule has 6 nitrogen and oxygen atoms in total. The first-order chi connectivity index (χ1) is 9.70. The Morgan fingerprint density at radius 2 is 2.05 bits per heavy atom. The Morgan fingerprint density at radius 1 is 1.43 bits per heavy atom. The lowest BCUT2D eigenvalue weighted by molar-refractivity contribution is 0.0697. The number of rotatable bonds is 7. The summed E-state index contributed by atoms with van der Waals surface area (Å²) >= 11 is 11.6. The van der Waals surface area contributed by atoms with Crippen molar-refractivity contribution in [2.75, 3.05) is 13.2 Å². The largest absolute Gasteiger partial charge is 0.478 e. The number of carbonyl (C=O) groups is 1. The third-order valence-electron chi connectivity index (χ3n) is 2.49. The number of aromatic carboxylic acids is 1. The Bertz CT molecular complexity index is 633. The zero-order valence-electron chi connectivity index (χ0n) is 11.4. The molecule has 1 aromatic carbocycles. The van der Waals surface area contributed by atoms with E-state index in [9.17, 15) is 13.2 Å². The van der Waals surface area contributed by atoms with Gasteiger partial charge in [0.05, 0.1) is 22.2 Å². The highest BCUT2D eigenvalue weighted by Gasteiger charge is 2.25. The van der Waals surface area contributed by atoms with Gasteiger partial charge in [-0.2, -0.15) is 0 Å². The number of ether oxygens (including phenoxy) is 1. The number of sulfonamides is 1. The molecule has 0 radical (unpaired) electrons. The maximum atomic E-state index is 12.2. The summed E-state index contributed by atoms with van der Waals surface area (Å²) in [5.41, 5.74) is -0.446.